The number of hydrogen-bond acceptors (Lipinski definition) is 2. The van der Waals surface area contributed by atoms with Gasteiger partial charge in [0.15, 0.2) is 0 Å². The van der Waals surface area contributed by atoms with Crippen molar-refractivity contribution < 1.29 is 0 Å². The van der Waals surface area contributed by atoms with E-state index in [2.05, 4.69) is 36.2 Å². The Labute approximate surface area is 103 Å². The zero-order valence-electron chi connectivity index (χ0n) is 10.1. The zero-order valence-corrected chi connectivity index (χ0v) is 10.1. The van der Waals surface area contributed by atoms with Crippen LogP contribution < -0.4 is 5.73 Å². The molecule has 2 heteroatoms. The predicted molar refractivity (Wildman–Crippen MR) is 70.7 cm³/mol. The highest BCUT2D eigenvalue weighted by molar-refractivity contribution is 5.26. The maximum Gasteiger partial charge on any atom is 0.0315 e. The minimum atomic E-state index is 0.0725. The van der Waals surface area contributed by atoms with Crippen molar-refractivity contribution in [1.82, 2.24) is 4.98 Å². The van der Waals surface area contributed by atoms with Crippen LogP contribution in [0.5, 0.6) is 0 Å². The fraction of sp³-hybridized carbons (Fsp3) is 0.267. The van der Waals surface area contributed by atoms with Crippen LogP contribution in [0, 0.1) is 6.92 Å². The topological polar surface area (TPSA) is 38.9 Å². The Morgan fingerprint density at radius 3 is 2.71 bits per heavy atom. The number of pyridine rings is 1. The first kappa shape index (κ1) is 11.8. The van der Waals surface area contributed by atoms with Crippen molar-refractivity contribution in [2.45, 2.75) is 25.8 Å². The molecular weight excluding hydrogens is 208 g/mol. The van der Waals surface area contributed by atoms with Gasteiger partial charge in [-0.2, -0.15) is 0 Å². The molecular formula is C15H18N2. The summed E-state index contributed by atoms with van der Waals surface area (Å²) in [6, 6.07) is 12.5. The predicted octanol–water partition coefficient (Wildman–Crippen LogP) is 3.02. The highest BCUT2D eigenvalue weighted by Gasteiger charge is 2.06. The van der Waals surface area contributed by atoms with Crippen LogP contribution in [0.3, 0.4) is 0 Å². The van der Waals surface area contributed by atoms with Crippen LogP contribution in [0.25, 0.3) is 0 Å². The molecule has 1 heterocycles. The second kappa shape index (κ2) is 5.60. The Morgan fingerprint density at radius 1 is 1.18 bits per heavy atom. The Kier molecular flexibility index (Phi) is 3.89. The Bertz CT molecular complexity index is 465. The molecule has 0 aliphatic carbocycles. The molecule has 1 unspecified atom stereocenters. The minimum Gasteiger partial charge on any atom is -0.324 e. The van der Waals surface area contributed by atoms with E-state index in [1.165, 1.54) is 11.1 Å². The summed E-state index contributed by atoms with van der Waals surface area (Å²) in [5.41, 5.74) is 9.99. The second-order valence-corrected chi connectivity index (χ2v) is 4.36. The van der Waals surface area contributed by atoms with Gasteiger partial charge in [-0.05, 0) is 42.5 Å². The number of aromatic nitrogens is 1. The summed E-state index contributed by atoms with van der Waals surface area (Å²) in [6.45, 7) is 2.14. The summed E-state index contributed by atoms with van der Waals surface area (Å²) in [7, 11) is 0. The third-order valence-electron chi connectivity index (χ3n) is 3.10. The van der Waals surface area contributed by atoms with Crippen molar-refractivity contribution >= 4 is 0 Å². The lowest BCUT2D eigenvalue weighted by Crippen LogP contribution is -2.11. The molecule has 0 aliphatic rings. The molecule has 1 atom stereocenters. The third-order valence-corrected chi connectivity index (χ3v) is 3.10. The normalized spacial score (nSPS) is 12.4. The number of hydrogen-bond donors (Lipinski definition) is 1. The molecule has 0 radical (unpaired) electrons. The fourth-order valence-corrected chi connectivity index (χ4v) is 1.96. The molecule has 0 bridgehead atoms. The van der Waals surface area contributed by atoms with Crippen molar-refractivity contribution in [3.63, 3.8) is 0 Å². The van der Waals surface area contributed by atoms with E-state index in [1.54, 1.807) is 6.20 Å². The lowest BCUT2D eigenvalue weighted by atomic mass is 9.98. The molecule has 0 spiro atoms. The smallest absolute Gasteiger partial charge is 0.0315 e. The molecule has 0 saturated carbocycles. The highest BCUT2D eigenvalue weighted by Crippen LogP contribution is 2.17. The standard InChI is InChI=1S/C15H18N2/c1-12-5-2-3-6-13(12)8-9-15(16)14-7-4-10-17-11-14/h2-7,10-11,15H,8-9,16H2,1H3. The van der Waals surface area contributed by atoms with Crippen molar-refractivity contribution in [2.24, 2.45) is 5.73 Å². The van der Waals surface area contributed by atoms with Gasteiger partial charge in [0.1, 0.15) is 0 Å². The van der Waals surface area contributed by atoms with Crippen molar-refractivity contribution in [2.75, 3.05) is 0 Å². The van der Waals surface area contributed by atoms with E-state index in [0.29, 0.717) is 0 Å². The lowest BCUT2D eigenvalue weighted by molar-refractivity contribution is 0.647. The molecule has 0 aliphatic heterocycles. The average molecular weight is 226 g/mol. The van der Waals surface area contributed by atoms with Gasteiger partial charge >= 0.3 is 0 Å². The first-order valence-corrected chi connectivity index (χ1v) is 5.97. The van der Waals surface area contributed by atoms with Gasteiger partial charge in [0.25, 0.3) is 0 Å². The van der Waals surface area contributed by atoms with E-state index >= 15 is 0 Å². The van der Waals surface area contributed by atoms with Crippen LogP contribution in [-0.4, -0.2) is 4.98 Å². The Hall–Kier alpha value is -1.67. The second-order valence-electron chi connectivity index (χ2n) is 4.36. The molecule has 1 aromatic carbocycles. The Morgan fingerprint density at radius 2 is 2.00 bits per heavy atom. The van der Waals surface area contributed by atoms with Crippen LogP contribution >= 0.6 is 0 Å². The monoisotopic (exact) mass is 226 g/mol. The van der Waals surface area contributed by atoms with E-state index in [9.17, 15) is 0 Å². The van der Waals surface area contributed by atoms with Crippen molar-refractivity contribution in [3.05, 3.63) is 65.5 Å². The molecule has 2 N–H and O–H groups in total. The molecule has 0 fully saturated rings. The fourth-order valence-electron chi connectivity index (χ4n) is 1.96. The van der Waals surface area contributed by atoms with Gasteiger partial charge in [-0.15, -0.1) is 0 Å². The number of aryl methyl sites for hydroxylation is 2. The molecule has 88 valence electrons. The van der Waals surface area contributed by atoms with Crippen LogP contribution in [0.1, 0.15) is 29.2 Å². The highest BCUT2D eigenvalue weighted by atomic mass is 14.7. The summed E-state index contributed by atoms with van der Waals surface area (Å²) in [4.78, 5) is 4.10. The van der Waals surface area contributed by atoms with Gasteiger partial charge in [0.05, 0.1) is 0 Å². The largest absolute Gasteiger partial charge is 0.324 e. The Balaban J connectivity index is 1.97. The zero-order chi connectivity index (χ0) is 12.1. The molecule has 17 heavy (non-hydrogen) atoms. The summed E-state index contributed by atoms with van der Waals surface area (Å²) >= 11 is 0. The number of nitrogens with zero attached hydrogens (tertiary/aromatic N) is 1. The molecule has 2 nitrogen and oxygen atoms in total. The lowest BCUT2D eigenvalue weighted by Gasteiger charge is -2.12. The van der Waals surface area contributed by atoms with Crippen molar-refractivity contribution in [3.8, 4) is 0 Å². The van der Waals surface area contributed by atoms with E-state index in [1.807, 2.05) is 18.3 Å². The van der Waals surface area contributed by atoms with Crippen LogP contribution in [0.4, 0.5) is 0 Å². The molecule has 0 amide bonds. The number of benzene rings is 1. The van der Waals surface area contributed by atoms with Gasteiger partial charge in [0, 0.05) is 18.4 Å². The van der Waals surface area contributed by atoms with Crippen molar-refractivity contribution in [1.29, 1.82) is 0 Å². The third kappa shape index (κ3) is 3.14. The first-order chi connectivity index (χ1) is 8.27. The summed E-state index contributed by atoms with van der Waals surface area (Å²) in [5, 5.41) is 0. The summed E-state index contributed by atoms with van der Waals surface area (Å²) in [5.74, 6) is 0. The van der Waals surface area contributed by atoms with Gasteiger partial charge in [-0.1, -0.05) is 30.3 Å². The van der Waals surface area contributed by atoms with Gasteiger partial charge in [-0.3, -0.25) is 4.98 Å². The number of rotatable bonds is 4. The molecule has 2 rings (SSSR count). The van der Waals surface area contributed by atoms with E-state index < -0.39 is 0 Å². The maximum atomic E-state index is 6.15. The molecule has 1 aromatic heterocycles. The quantitative estimate of drug-likeness (QED) is 0.870. The first-order valence-electron chi connectivity index (χ1n) is 5.97. The SMILES string of the molecule is Cc1ccccc1CCC(N)c1cccnc1. The maximum absolute atomic E-state index is 6.15. The van der Waals surface area contributed by atoms with Gasteiger partial charge < -0.3 is 5.73 Å². The van der Waals surface area contributed by atoms with Gasteiger partial charge in [0.2, 0.25) is 0 Å². The van der Waals surface area contributed by atoms with E-state index in [-0.39, 0.29) is 6.04 Å². The summed E-state index contributed by atoms with van der Waals surface area (Å²) in [6.07, 6.45) is 5.60. The van der Waals surface area contributed by atoms with Crippen LogP contribution in [0.15, 0.2) is 48.8 Å². The van der Waals surface area contributed by atoms with Crippen LogP contribution in [-0.2, 0) is 6.42 Å². The molecule has 0 saturated heterocycles. The minimum absolute atomic E-state index is 0.0725. The summed E-state index contributed by atoms with van der Waals surface area (Å²) < 4.78 is 0. The number of nitrogens with two attached hydrogens (primary N) is 1. The van der Waals surface area contributed by atoms with E-state index in [4.69, 9.17) is 5.73 Å². The van der Waals surface area contributed by atoms with Gasteiger partial charge in [-0.25, -0.2) is 0 Å². The average Bonchev–Trinajstić information content (AvgIpc) is 2.38. The van der Waals surface area contributed by atoms with Crippen LogP contribution in [0.2, 0.25) is 0 Å². The molecule has 2 aromatic rings. The van der Waals surface area contributed by atoms with E-state index in [0.717, 1.165) is 18.4 Å².